The topological polar surface area (TPSA) is 153 Å². The first-order valence-corrected chi connectivity index (χ1v) is 12.3. The van der Waals surface area contributed by atoms with Crippen molar-refractivity contribution in [1.82, 2.24) is 0 Å². The van der Waals surface area contributed by atoms with Crippen LogP contribution in [0.5, 0.6) is 5.75 Å². The quantitative estimate of drug-likeness (QED) is 0.172. The molecule has 1 aliphatic heterocycles. The minimum absolute atomic E-state index is 0.0175. The number of terminal acetylenes is 1. The zero-order chi connectivity index (χ0) is 29.8. The van der Waals surface area contributed by atoms with Crippen LogP contribution in [0.25, 0.3) is 0 Å². The molecule has 0 saturated carbocycles. The molecule has 1 amide bonds. The first-order chi connectivity index (χ1) is 19.0. The number of hydrogen-bond acceptors (Lipinski definition) is 11. The summed E-state index contributed by atoms with van der Waals surface area (Å²) in [7, 11) is 1.05. The number of nitrogens with one attached hydrogen (secondary N) is 1. The summed E-state index contributed by atoms with van der Waals surface area (Å²) in [6, 6.07) is 4.12. The number of carbonyl (C=O) groups excluding carboxylic acids is 5. The van der Waals surface area contributed by atoms with E-state index >= 15 is 0 Å². The van der Waals surface area contributed by atoms with Gasteiger partial charge in [0.1, 0.15) is 12.4 Å². The number of ether oxygens (including phenoxy) is 6. The number of amides is 1. The van der Waals surface area contributed by atoms with E-state index in [9.17, 15) is 28.4 Å². The van der Waals surface area contributed by atoms with Crippen LogP contribution in [0, 0.1) is 12.3 Å². The Balaban J connectivity index is 2.39. The Kier molecular flexibility index (Phi) is 12.3. The molecular weight excluding hydrogens is 533 g/mol. The van der Waals surface area contributed by atoms with E-state index in [-0.39, 0.29) is 23.6 Å². The Hall–Kier alpha value is -4.18. The van der Waals surface area contributed by atoms with E-state index in [4.69, 9.17) is 34.8 Å². The lowest BCUT2D eigenvalue weighted by Gasteiger charge is -2.43. The molecule has 13 heteroatoms. The van der Waals surface area contributed by atoms with Gasteiger partial charge in [0.25, 0.3) is 0 Å². The molecule has 5 unspecified atom stereocenters. The third kappa shape index (κ3) is 9.23. The molecule has 1 saturated heterocycles. The van der Waals surface area contributed by atoms with Gasteiger partial charge in [-0.15, -0.1) is 12.3 Å². The van der Waals surface area contributed by atoms with Gasteiger partial charge in [-0.25, -0.2) is 9.18 Å². The average molecular weight is 566 g/mol. The van der Waals surface area contributed by atoms with Crippen LogP contribution in [0.4, 0.5) is 10.1 Å². The van der Waals surface area contributed by atoms with Gasteiger partial charge >= 0.3 is 23.9 Å². The SMILES string of the molecule is C#CCCCCC(=O)Nc1ccc(OC2OC(C(=O)OC)C(OC(C)=O)C(OC(C)=O)C2OC(C)=O)c(CF)c1. The number of hydrogen-bond donors (Lipinski definition) is 1. The summed E-state index contributed by atoms with van der Waals surface area (Å²) in [5, 5.41) is 2.66. The summed E-state index contributed by atoms with van der Waals surface area (Å²) in [5.41, 5.74) is 0.277. The molecule has 1 fully saturated rings. The highest BCUT2D eigenvalue weighted by Crippen LogP contribution is 2.33. The van der Waals surface area contributed by atoms with Gasteiger partial charge in [-0.05, 0) is 31.0 Å². The fourth-order valence-corrected chi connectivity index (χ4v) is 3.91. The first-order valence-electron chi connectivity index (χ1n) is 12.3. The van der Waals surface area contributed by atoms with E-state index in [1.54, 1.807) is 0 Å². The molecule has 2 rings (SSSR count). The van der Waals surface area contributed by atoms with Crippen LogP contribution in [-0.2, 0) is 54.3 Å². The zero-order valence-corrected chi connectivity index (χ0v) is 22.6. The minimum Gasteiger partial charge on any atom is -0.467 e. The Labute approximate surface area is 230 Å². The van der Waals surface area contributed by atoms with Crippen molar-refractivity contribution in [2.75, 3.05) is 12.4 Å². The van der Waals surface area contributed by atoms with Crippen molar-refractivity contribution in [3.63, 3.8) is 0 Å². The van der Waals surface area contributed by atoms with E-state index in [1.807, 2.05) is 0 Å². The van der Waals surface area contributed by atoms with E-state index in [1.165, 1.54) is 18.2 Å². The van der Waals surface area contributed by atoms with Crippen molar-refractivity contribution in [1.29, 1.82) is 0 Å². The Morgan fingerprint density at radius 1 is 0.975 bits per heavy atom. The molecule has 12 nitrogen and oxygen atoms in total. The number of esters is 4. The highest BCUT2D eigenvalue weighted by Gasteiger charge is 2.55. The number of rotatable bonds is 12. The third-order valence-corrected chi connectivity index (χ3v) is 5.54. The van der Waals surface area contributed by atoms with Gasteiger partial charge < -0.3 is 33.7 Å². The maximum atomic E-state index is 14.0. The number of carbonyl (C=O) groups is 5. The van der Waals surface area contributed by atoms with Crippen molar-refractivity contribution in [2.24, 2.45) is 0 Å². The summed E-state index contributed by atoms with van der Waals surface area (Å²) in [4.78, 5) is 60.4. The van der Waals surface area contributed by atoms with Crippen molar-refractivity contribution in [3.05, 3.63) is 23.8 Å². The molecule has 1 heterocycles. The molecule has 218 valence electrons. The van der Waals surface area contributed by atoms with Crippen molar-refractivity contribution in [3.8, 4) is 18.1 Å². The van der Waals surface area contributed by atoms with E-state index in [2.05, 4.69) is 11.2 Å². The van der Waals surface area contributed by atoms with Crippen molar-refractivity contribution in [2.45, 2.75) is 83.8 Å². The van der Waals surface area contributed by atoms with Gasteiger partial charge in [0.2, 0.25) is 18.3 Å². The molecule has 1 aromatic carbocycles. The van der Waals surface area contributed by atoms with Crippen LogP contribution in [0.3, 0.4) is 0 Å². The maximum absolute atomic E-state index is 14.0. The molecular formula is C27H32FNO11. The number of benzene rings is 1. The minimum atomic E-state index is -1.67. The Bertz CT molecular complexity index is 1130. The molecule has 40 heavy (non-hydrogen) atoms. The second-order valence-corrected chi connectivity index (χ2v) is 8.70. The summed E-state index contributed by atoms with van der Waals surface area (Å²) < 4.78 is 46.1. The summed E-state index contributed by atoms with van der Waals surface area (Å²) in [6.07, 6.45) is -0.745. The van der Waals surface area contributed by atoms with E-state index in [0.29, 0.717) is 24.9 Å². The average Bonchev–Trinajstić information content (AvgIpc) is 2.89. The number of unbranched alkanes of at least 4 members (excludes halogenated alkanes) is 2. The number of methoxy groups -OCH3 is 1. The van der Waals surface area contributed by atoms with Crippen LogP contribution in [0.1, 0.15) is 52.0 Å². The Morgan fingerprint density at radius 2 is 1.60 bits per heavy atom. The van der Waals surface area contributed by atoms with Crippen LogP contribution in [0.15, 0.2) is 18.2 Å². The predicted octanol–water partition coefficient (Wildman–Crippen LogP) is 2.36. The van der Waals surface area contributed by atoms with E-state index in [0.717, 1.165) is 27.9 Å². The first kappa shape index (κ1) is 32.0. The standard InChI is InChI=1S/C27H32FNO11/c1-6-7-8-9-10-21(33)29-19-11-12-20(18(13-19)14-28)39-27-25(38-17(4)32)23(37-16(3)31)22(36-15(2)30)24(40-27)26(34)35-5/h1,11-13,22-25,27H,7-10,14H2,2-5H3,(H,29,33). The molecule has 0 aromatic heterocycles. The highest BCUT2D eigenvalue weighted by atomic mass is 19.1. The second kappa shape index (κ2) is 15.4. The molecule has 0 bridgehead atoms. The number of halogens is 1. The number of anilines is 1. The molecule has 0 aliphatic carbocycles. The fraction of sp³-hybridized carbons (Fsp3) is 0.519. The lowest BCUT2D eigenvalue weighted by atomic mass is 9.97. The lowest BCUT2D eigenvalue weighted by molar-refractivity contribution is -0.282. The summed E-state index contributed by atoms with van der Waals surface area (Å²) in [6.45, 7) is 2.13. The number of alkyl halides is 1. The largest absolute Gasteiger partial charge is 0.467 e. The monoisotopic (exact) mass is 565 g/mol. The van der Waals surface area contributed by atoms with Crippen molar-refractivity contribution >= 4 is 35.5 Å². The zero-order valence-electron chi connectivity index (χ0n) is 22.6. The lowest BCUT2D eigenvalue weighted by Crippen LogP contribution is -2.64. The van der Waals surface area contributed by atoms with E-state index < -0.39 is 61.3 Å². The third-order valence-electron chi connectivity index (χ3n) is 5.54. The fourth-order valence-electron chi connectivity index (χ4n) is 3.91. The molecule has 1 aromatic rings. The van der Waals surface area contributed by atoms with Crippen molar-refractivity contribution < 1.29 is 56.8 Å². The van der Waals surface area contributed by atoms with Gasteiger partial charge in [-0.2, -0.15) is 0 Å². The van der Waals surface area contributed by atoms with Gasteiger partial charge in [0, 0.05) is 44.9 Å². The van der Waals surface area contributed by atoms with Crippen LogP contribution >= 0.6 is 0 Å². The van der Waals surface area contributed by atoms with Crippen LogP contribution in [0.2, 0.25) is 0 Å². The summed E-state index contributed by atoms with van der Waals surface area (Å²) in [5.74, 6) is -1.44. The second-order valence-electron chi connectivity index (χ2n) is 8.70. The van der Waals surface area contributed by atoms with Crippen LogP contribution < -0.4 is 10.1 Å². The molecule has 1 N–H and O–H groups in total. The van der Waals surface area contributed by atoms with Gasteiger partial charge in [0.15, 0.2) is 18.3 Å². The van der Waals surface area contributed by atoms with Gasteiger partial charge in [-0.3, -0.25) is 19.2 Å². The molecule has 5 atom stereocenters. The highest BCUT2D eigenvalue weighted by molar-refractivity contribution is 5.90. The normalized spacial score (nSPS) is 21.8. The van der Waals surface area contributed by atoms with Gasteiger partial charge in [-0.1, -0.05) is 0 Å². The molecule has 1 aliphatic rings. The summed E-state index contributed by atoms with van der Waals surface area (Å²) >= 11 is 0. The maximum Gasteiger partial charge on any atom is 0.339 e. The smallest absolute Gasteiger partial charge is 0.339 e. The predicted molar refractivity (Wildman–Crippen MR) is 135 cm³/mol. The molecule has 0 radical (unpaired) electrons. The van der Waals surface area contributed by atoms with Gasteiger partial charge in [0.05, 0.1) is 7.11 Å². The molecule has 0 spiro atoms. The van der Waals surface area contributed by atoms with Crippen LogP contribution in [-0.4, -0.2) is 67.6 Å². The Morgan fingerprint density at radius 3 is 2.17 bits per heavy atom.